The number of aromatic nitrogens is 2. The van der Waals surface area contributed by atoms with Gasteiger partial charge in [0.25, 0.3) is 5.91 Å². The van der Waals surface area contributed by atoms with E-state index in [0.29, 0.717) is 17.8 Å². The number of hydrogen-bond donors (Lipinski definition) is 1. The molecule has 3 rings (SSSR count). The van der Waals surface area contributed by atoms with Crippen molar-refractivity contribution in [1.29, 1.82) is 0 Å². The molecule has 2 aromatic rings. The quantitative estimate of drug-likeness (QED) is 0.652. The van der Waals surface area contributed by atoms with E-state index in [2.05, 4.69) is 15.5 Å². The smallest absolute Gasteiger partial charge is 0.251 e. The summed E-state index contributed by atoms with van der Waals surface area (Å²) in [4.78, 5) is 26.1. The van der Waals surface area contributed by atoms with Gasteiger partial charge in [-0.25, -0.2) is 0 Å². The molecule has 21 heavy (non-hydrogen) atoms. The topological polar surface area (TPSA) is 111 Å². The predicted octanol–water partition coefficient (Wildman–Crippen LogP) is 1.13. The molecule has 0 spiro atoms. The van der Waals surface area contributed by atoms with Crippen LogP contribution in [0.3, 0.4) is 0 Å². The molecule has 1 fully saturated rings. The first-order chi connectivity index (χ1) is 10.1. The Kier molecular flexibility index (Phi) is 3.35. The highest BCUT2D eigenvalue weighted by Gasteiger charge is 2.53. The Hall–Kier alpha value is -2.77. The highest BCUT2D eigenvalue weighted by Crippen LogP contribution is 2.41. The van der Waals surface area contributed by atoms with Crippen LogP contribution in [0, 0.1) is 10.1 Å². The van der Waals surface area contributed by atoms with E-state index in [4.69, 9.17) is 4.52 Å². The molecule has 2 atom stereocenters. The van der Waals surface area contributed by atoms with Gasteiger partial charge in [-0.05, 0) is 12.1 Å². The van der Waals surface area contributed by atoms with Gasteiger partial charge in [-0.15, -0.1) is 0 Å². The van der Waals surface area contributed by atoms with E-state index in [-0.39, 0.29) is 29.2 Å². The second kappa shape index (κ2) is 5.31. The van der Waals surface area contributed by atoms with Crippen LogP contribution in [0.4, 0.5) is 0 Å². The number of amides is 1. The van der Waals surface area contributed by atoms with Crippen LogP contribution in [0.15, 0.2) is 34.9 Å². The number of nitro groups is 1. The van der Waals surface area contributed by atoms with Crippen molar-refractivity contribution in [2.24, 2.45) is 0 Å². The summed E-state index contributed by atoms with van der Waals surface area (Å²) in [5.41, 5.74) is 0.539. The van der Waals surface area contributed by atoms with Gasteiger partial charge in [0, 0.05) is 16.9 Å². The van der Waals surface area contributed by atoms with Crippen molar-refractivity contribution in [3.05, 3.63) is 57.7 Å². The van der Waals surface area contributed by atoms with Gasteiger partial charge in [-0.2, -0.15) is 4.98 Å². The lowest BCUT2D eigenvalue weighted by molar-refractivity contribution is -0.496. The summed E-state index contributed by atoms with van der Waals surface area (Å²) in [6.45, 7) is 0.118. The lowest BCUT2D eigenvalue weighted by Crippen LogP contribution is -2.23. The zero-order chi connectivity index (χ0) is 14.8. The van der Waals surface area contributed by atoms with E-state index in [1.807, 2.05) is 6.07 Å². The summed E-state index contributed by atoms with van der Waals surface area (Å²) in [7, 11) is 0. The molecule has 1 aliphatic carbocycles. The third kappa shape index (κ3) is 2.88. The molecule has 0 unspecified atom stereocenters. The number of rotatable bonds is 5. The minimum atomic E-state index is -0.628. The normalized spacial score (nSPS) is 20.0. The van der Waals surface area contributed by atoms with E-state index in [1.54, 1.807) is 24.3 Å². The van der Waals surface area contributed by atoms with Gasteiger partial charge in [0.15, 0.2) is 5.82 Å². The van der Waals surface area contributed by atoms with Crippen LogP contribution in [0.2, 0.25) is 0 Å². The van der Waals surface area contributed by atoms with Crippen LogP contribution in [-0.4, -0.2) is 27.0 Å². The monoisotopic (exact) mass is 288 g/mol. The fourth-order valence-corrected chi connectivity index (χ4v) is 2.02. The SMILES string of the molecule is O=C(NCc1noc([C@@H]2C[C@@H]2[N+](=O)[O-])n1)c1ccccc1. The Balaban J connectivity index is 1.56. The average Bonchev–Trinajstić information content (AvgIpc) is 3.18. The first-order valence-corrected chi connectivity index (χ1v) is 6.44. The highest BCUT2D eigenvalue weighted by atomic mass is 16.6. The maximum Gasteiger partial charge on any atom is 0.251 e. The van der Waals surface area contributed by atoms with Gasteiger partial charge in [0.05, 0.1) is 6.54 Å². The number of carbonyl (C=O) groups is 1. The van der Waals surface area contributed by atoms with Crippen LogP contribution < -0.4 is 5.32 Å². The second-order valence-corrected chi connectivity index (χ2v) is 4.79. The predicted molar refractivity (Wildman–Crippen MR) is 70.1 cm³/mol. The minimum Gasteiger partial charge on any atom is -0.345 e. The van der Waals surface area contributed by atoms with E-state index in [9.17, 15) is 14.9 Å². The number of carbonyl (C=O) groups excluding carboxylic acids is 1. The molecule has 1 heterocycles. The fourth-order valence-electron chi connectivity index (χ4n) is 2.02. The lowest BCUT2D eigenvalue weighted by atomic mass is 10.2. The van der Waals surface area contributed by atoms with Crippen molar-refractivity contribution in [3.63, 3.8) is 0 Å². The average molecular weight is 288 g/mol. The van der Waals surface area contributed by atoms with Gasteiger partial charge in [0.2, 0.25) is 11.9 Å². The molecule has 1 amide bonds. The summed E-state index contributed by atoms with van der Waals surface area (Å²) in [5, 5.41) is 17.0. The van der Waals surface area contributed by atoms with Crippen LogP contribution in [0.25, 0.3) is 0 Å². The first-order valence-electron chi connectivity index (χ1n) is 6.44. The molecule has 1 saturated carbocycles. The molecule has 0 saturated heterocycles. The number of benzene rings is 1. The van der Waals surface area contributed by atoms with E-state index >= 15 is 0 Å². The Morgan fingerprint density at radius 1 is 1.43 bits per heavy atom. The first kappa shape index (κ1) is 13.2. The third-order valence-corrected chi connectivity index (χ3v) is 3.27. The van der Waals surface area contributed by atoms with Crippen LogP contribution in [0.5, 0.6) is 0 Å². The van der Waals surface area contributed by atoms with Gasteiger partial charge < -0.3 is 9.84 Å². The Morgan fingerprint density at radius 3 is 2.86 bits per heavy atom. The standard InChI is InChI=1S/C13H12N4O4/c18-12(8-4-2-1-3-5-8)14-7-11-15-13(21-16-11)9-6-10(9)17(19)20/h1-5,9-10H,6-7H2,(H,14,18)/t9-,10+/m1/s1. The summed E-state index contributed by atoms with van der Waals surface area (Å²) >= 11 is 0. The molecular formula is C13H12N4O4. The van der Waals surface area contributed by atoms with Crippen molar-refractivity contribution in [2.75, 3.05) is 0 Å². The van der Waals surface area contributed by atoms with Gasteiger partial charge in [-0.1, -0.05) is 23.4 Å². The summed E-state index contributed by atoms with van der Waals surface area (Å²) in [6, 6.07) is 8.13. The molecular weight excluding hydrogens is 276 g/mol. The maximum absolute atomic E-state index is 11.8. The molecule has 1 aromatic heterocycles. The lowest BCUT2D eigenvalue weighted by Gasteiger charge is -2.01. The third-order valence-electron chi connectivity index (χ3n) is 3.27. The Bertz CT molecular complexity index is 670. The zero-order valence-corrected chi connectivity index (χ0v) is 10.9. The molecule has 0 radical (unpaired) electrons. The zero-order valence-electron chi connectivity index (χ0n) is 10.9. The molecule has 8 heteroatoms. The molecule has 1 aromatic carbocycles. The number of nitrogens with one attached hydrogen (secondary N) is 1. The fraction of sp³-hybridized carbons (Fsp3) is 0.308. The minimum absolute atomic E-state index is 0.118. The summed E-state index contributed by atoms with van der Waals surface area (Å²) < 4.78 is 4.99. The van der Waals surface area contributed by atoms with Crippen molar-refractivity contribution in [2.45, 2.75) is 24.9 Å². The largest absolute Gasteiger partial charge is 0.345 e. The van der Waals surface area contributed by atoms with Crippen LogP contribution >= 0.6 is 0 Å². The highest BCUT2D eigenvalue weighted by molar-refractivity contribution is 5.93. The van der Waals surface area contributed by atoms with Crippen molar-refractivity contribution in [1.82, 2.24) is 15.5 Å². The molecule has 8 nitrogen and oxygen atoms in total. The number of nitrogens with zero attached hydrogens (tertiary/aromatic N) is 3. The molecule has 108 valence electrons. The summed E-state index contributed by atoms with van der Waals surface area (Å²) in [6.07, 6.45) is 0.422. The van der Waals surface area contributed by atoms with Crippen molar-refractivity contribution < 1.29 is 14.2 Å². The molecule has 0 bridgehead atoms. The van der Waals surface area contributed by atoms with Crippen molar-refractivity contribution >= 4 is 5.91 Å². The Labute approximate surface area is 119 Å². The van der Waals surface area contributed by atoms with E-state index in [0.717, 1.165) is 0 Å². The molecule has 1 aliphatic rings. The maximum atomic E-state index is 11.8. The molecule has 0 aliphatic heterocycles. The van der Waals surface area contributed by atoms with E-state index < -0.39 is 6.04 Å². The van der Waals surface area contributed by atoms with Gasteiger partial charge in [-0.3, -0.25) is 14.9 Å². The van der Waals surface area contributed by atoms with Crippen molar-refractivity contribution in [3.8, 4) is 0 Å². The second-order valence-electron chi connectivity index (χ2n) is 4.79. The van der Waals surface area contributed by atoms with Crippen LogP contribution in [0.1, 0.15) is 34.4 Å². The van der Waals surface area contributed by atoms with Gasteiger partial charge in [0.1, 0.15) is 5.92 Å². The molecule has 1 N–H and O–H groups in total. The van der Waals surface area contributed by atoms with E-state index in [1.165, 1.54) is 0 Å². The number of hydrogen-bond acceptors (Lipinski definition) is 6. The Morgan fingerprint density at radius 2 is 2.19 bits per heavy atom. The van der Waals surface area contributed by atoms with Gasteiger partial charge >= 0.3 is 0 Å². The van der Waals surface area contributed by atoms with Crippen LogP contribution in [-0.2, 0) is 6.54 Å². The summed E-state index contributed by atoms with van der Waals surface area (Å²) in [5.74, 6) is 0.0338.